The lowest BCUT2D eigenvalue weighted by atomic mass is 10.2. The van der Waals surface area contributed by atoms with Crippen LogP contribution in [0.3, 0.4) is 0 Å². The van der Waals surface area contributed by atoms with Gasteiger partial charge in [0.15, 0.2) is 5.16 Å². The van der Waals surface area contributed by atoms with E-state index in [1.165, 1.54) is 37.0 Å². The van der Waals surface area contributed by atoms with Crippen molar-refractivity contribution in [3.05, 3.63) is 60.0 Å². The van der Waals surface area contributed by atoms with E-state index in [0.717, 1.165) is 5.56 Å². The summed E-state index contributed by atoms with van der Waals surface area (Å²) in [5.41, 5.74) is 2.47. The molecule has 0 saturated carbocycles. The highest BCUT2D eigenvalue weighted by atomic mass is 32.2. The molecule has 1 heterocycles. The average Bonchev–Trinajstić information content (AvgIpc) is 3.17. The number of nitrogens with zero attached hydrogens (tertiary/aromatic N) is 1. The van der Waals surface area contributed by atoms with Gasteiger partial charge in [-0.05, 0) is 61.5 Å². The number of nitrogens with one attached hydrogen (secondary N) is 3. The fraction of sp³-hybridized carbons (Fsp3) is 0.158. The summed E-state index contributed by atoms with van der Waals surface area (Å²) in [6, 6.07) is 10.7. The number of aryl methyl sites for hydroxylation is 1. The Hall–Kier alpha value is -2.69. The molecule has 3 rings (SSSR count). The first-order valence-corrected chi connectivity index (χ1v) is 11.0. The minimum Gasteiger partial charge on any atom is -0.333 e. The van der Waals surface area contributed by atoms with Crippen molar-refractivity contribution in [2.45, 2.75) is 17.0 Å². The third kappa shape index (κ3) is 5.22. The number of thioether (sulfide) groups is 1. The Morgan fingerprint density at radius 3 is 2.62 bits per heavy atom. The molecule has 0 unspecified atom stereocenters. The predicted molar refractivity (Wildman–Crippen MR) is 111 cm³/mol. The van der Waals surface area contributed by atoms with Crippen LogP contribution in [0.5, 0.6) is 0 Å². The van der Waals surface area contributed by atoms with Crippen LogP contribution in [0.15, 0.2) is 58.7 Å². The Morgan fingerprint density at radius 1 is 1.21 bits per heavy atom. The van der Waals surface area contributed by atoms with E-state index in [1.807, 2.05) is 0 Å². The number of hydrogen-bond acceptors (Lipinski definition) is 5. The number of carbonyl (C=O) groups excluding carboxylic acids is 1. The molecule has 152 valence electrons. The van der Waals surface area contributed by atoms with Gasteiger partial charge in [-0.2, -0.15) is 0 Å². The average molecular weight is 435 g/mol. The van der Waals surface area contributed by atoms with Crippen molar-refractivity contribution in [1.29, 1.82) is 0 Å². The normalized spacial score (nSPS) is 11.4. The number of carbonyl (C=O) groups is 1. The number of imidazole rings is 1. The second-order valence-electron chi connectivity index (χ2n) is 6.13. The van der Waals surface area contributed by atoms with E-state index >= 15 is 0 Å². The summed E-state index contributed by atoms with van der Waals surface area (Å²) < 4.78 is 39.4. The third-order valence-electron chi connectivity index (χ3n) is 4.08. The lowest BCUT2D eigenvalue weighted by Gasteiger charge is -2.10. The van der Waals surface area contributed by atoms with Crippen molar-refractivity contribution in [3.8, 4) is 11.3 Å². The fourth-order valence-corrected chi connectivity index (χ4v) is 4.20. The van der Waals surface area contributed by atoms with Crippen LogP contribution in [-0.2, 0) is 14.8 Å². The molecule has 3 aromatic rings. The lowest BCUT2D eigenvalue weighted by molar-refractivity contribution is -0.113. The van der Waals surface area contributed by atoms with Gasteiger partial charge in [0.1, 0.15) is 5.82 Å². The molecule has 0 radical (unpaired) electrons. The van der Waals surface area contributed by atoms with Gasteiger partial charge >= 0.3 is 0 Å². The summed E-state index contributed by atoms with van der Waals surface area (Å²) in [4.78, 5) is 19.6. The number of anilines is 1. The van der Waals surface area contributed by atoms with Gasteiger partial charge in [0.05, 0.1) is 22.5 Å². The van der Waals surface area contributed by atoms with Crippen molar-refractivity contribution in [2.75, 3.05) is 18.1 Å². The first-order valence-electron chi connectivity index (χ1n) is 8.56. The van der Waals surface area contributed by atoms with Gasteiger partial charge in [0, 0.05) is 5.69 Å². The highest BCUT2D eigenvalue weighted by Gasteiger charge is 2.16. The molecule has 0 fully saturated rings. The van der Waals surface area contributed by atoms with Crippen LogP contribution in [0.4, 0.5) is 10.1 Å². The first-order chi connectivity index (χ1) is 13.8. The molecule has 1 aromatic heterocycles. The van der Waals surface area contributed by atoms with Crippen LogP contribution in [0.25, 0.3) is 11.3 Å². The van der Waals surface area contributed by atoms with Gasteiger partial charge < -0.3 is 10.3 Å². The van der Waals surface area contributed by atoms with Crippen LogP contribution in [-0.4, -0.2) is 37.1 Å². The quantitative estimate of drug-likeness (QED) is 0.496. The second-order valence-corrected chi connectivity index (χ2v) is 8.95. The summed E-state index contributed by atoms with van der Waals surface area (Å²) in [5, 5.41) is 3.23. The van der Waals surface area contributed by atoms with Crippen molar-refractivity contribution >= 4 is 33.4 Å². The van der Waals surface area contributed by atoms with Gasteiger partial charge in [-0.15, -0.1) is 0 Å². The van der Waals surface area contributed by atoms with Crippen molar-refractivity contribution in [2.24, 2.45) is 0 Å². The molecule has 7 nitrogen and oxygen atoms in total. The van der Waals surface area contributed by atoms with Gasteiger partial charge in [-0.1, -0.05) is 17.8 Å². The van der Waals surface area contributed by atoms with Crippen LogP contribution in [0.1, 0.15) is 5.56 Å². The first kappa shape index (κ1) is 21.0. The highest BCUT2D eigenvalue weighted by Crippen LogP contribution is 2.23. The Kier molecular flexibility index (Phi) is 6.36. The summed E-state index contributed by atoms with van der Waals surface area (Å²) in [6.07, 6.45) is 1.61. The number of hydrogen-bond donors (Lipinski definition) is 3. The highest BCUT2D eigenvalue weighted by molar-refractivity contribution is 7.99. The number of halogens is 1. The van der Waals surface area contributed by atoms with E-state index in [-0.39, 0.29) is 22.4 Å². The van der Waals surface area contributed by atoms with Gasteiger partial charge in [-0.3, -0.25) is 4.79 Å². The Morgan fingerprint density at radius 2 is 1.93 bits per heavy atom. The van der Waals surface area contributed by atoms with E-state index in [9.17, 15) is 17.6 Å². The second kappa shape index (κ2) is 8.76. The van der Waals surface area contributed by atoms with E-state index < -0.39 is 10.0 Å². The maximum absolute atomic E-state index is 13.0. The van der Waals surface area contributed by atoms with Gasteiger partial charge in [-0.25, -0.2) is 22.5 Å². The number of amides is 1. The Bertz CT molecular complexity index is 1130. The molecule has 1 amide bonds. The zero-order chi connectivity index (χ0) is 21.0. The largest absolute Gasteiger partial charge is 0.333 e. The zero-order valence-electron chi connectivity index (χ0n) is 15.7. The molecule has 0 spiro atoms. The summed E-state index contributed by atoms with van der Waals surface area (Å²) in [7, 11) is -2.28. The minimum absolute atomic E-state index is 0.0817. The molecule has 0 saturated heterocycles. The molecule has 10 heteroatoms. The van der Waals surface area contributed by atoms with Crippen LogP contribution in [0, 0.1) is 12.7 Å². The number of H-pyrrole nitrogens is 1. The number of aromatic nitrogens is 2. The van der Waals surface area contributed by atoms with Crippen molar-refractivity contribution in [1.82, 2.24) is 14.7 Å². The Labute approximate surface area is 172 Å². The van der Waals surface area contributed by atoms with E-state index in [0.29, 0.717) is 22.1 Å². The number of benzene rings is 2. The molecule has 0 atom stereocenters. The Balaban J connectivity index is 1.62. The lowest BCUT2D eigenvalue weighted by Crippen LogP contribution is -2.20. The number of aromatic amines is 1. The van der Waals surface area contributed by atoms with Crippen LogP contribution >= 0.6 is 11.8 Å². The topological polar surface area (TPSA) is 104 Å². The minimum atomic E-state index is -3.61. The zero-order valence-corrected chi connectivity index (χ0v) is 17.3. The fourth-order valence-electron chi connectivity index (χ4n) is 2.56. The summed E-state index contributed by atoms with van der Waals surface area (Å²) in [6.45, 7) is 1.68. The smallest absolute Gasteiger partial charge is 0.240 e. The molecule has 3 N–H and O–H groups in total. The maximum Gasteiger partial charge on any atom is 0.240 e. The van der Waals surface area contributed by atoms with Gasteiger partial charge in [0.25, 0.3) is 0 Å². The summed E-state index contributed by atoms with van der Waals surface area (Å²) in [5.74, 6) is -0.536. The molecule has 0 bridgehead atoms. The summed E-state index contributed by atoms with van der Waals surface area (Å²) >= 11 is 1.20. The molecule has 0 aliphatic heterocycles. The number of rotatable bonds is 7. The third-order valence-corrected chi connectivity index (χ3v) is 6.52. The van der Waals surface area contributed by atoms with Crippen molar-refractivity contribution < 1.29 is 17.6 Å². The number of sulfonamides is 1. The van der Waals surface area contributed by atoms with Crippen LogP contribution in [0.2, 0.25) is 0 Å². The van der Waals surface area contributed by atoms with Gasteiger partial charge in [0.2, 0.25) is 15.9 Å². The van der Waals surface area contributed by atoms with Crippen molar-refractivity contribution in [3.63, 3.8) is 0 Å². The van der Waals surface area contributed by atoms with E-state index in [1.54, 1.807) is 37.4 Å². The standard InChI is InChI=1S/C19H19FN4O3S2/c1-12-3-8-15(9-17(12)29(26,27)21-2)23-18(25)11-28-19-22-10-16(24-19)13-4-6-14(20)7-5-13/h3-10,21H,11H2,1-2H3,(H,22,24)(H,23,25). The monoisotopic (exact) mass is 434 g/mol. The van der Waals surface area contributed by atoms with E-state index in [4.69, 9.17) is 0 Å². The molecule has 2 aromatic carbocycles. The SMILES string of the molecule is CNS(=O)(=O)c1cc(NC(=O)CSc2ncc(-c3ccc(F)cc3)[nH]2)ccc1C. The predicted octanol–water partition coefficient (Wildman–Crippen LogP) is 3.16. The molecule has 29 heavy (non-hydrogen) atoms. The molecular weight excluding hydrogens is 415 g/mol. The molecule has 0 aliphatic rings. The molecule has 0 aliphatic carbocycles. The maximum atomic E-state index is 13.0. The molecular formula is C19H19FN4O3S2. The van der Waals surface area contributed by atoms with Crippen LogP contribution < -0.4 is 10.0 Å². The van der Waals surface area contributed by atoms with E-state index in [2.05, 4.69) is 20.0 Å².